The number of rotatable bonds is 37. The molecule has 1 aliphatic heterocycles. The number of benzene rings is 2. The molecule has 2 aromatic carbocycles. The molecule has 1 aromatic heterocycles. The molecule has 0 bridgehead atoms. The average Bonchev–Trinajstić information content (AvgIpc) is 2.53. The van der Waals surface area contributed by atoms with E-state index in [1.807, 2.05) is 56.5 Å². The van der Waals surface area contributed by atoms with Crippen LogP contribution in [0.2, 0.25) is 0 Å². The van der Waals surface area contributed by atoms with E-state index in [0.29, 0.717) is 62.9 Å². The number of nitrogens with zero attached hydrogens (tertiary/aromatic N) is 3. The second kappa shape index (κ2) is 37.1. The van der Waals surface area contributed by atoms with Crippen LogP contribution in [0.5, 0.6) is 0 Å². The lowest BCUT2D eigenvalue weighted by atomic mass is 9.89. The summed E-state index contributed by atoms with van der Waals surface area (Å²) in [7, 11) is 4.71. The number of thiazole rings is 1. The van der Waals surface area contributed by atoms with E-state index in [1.54, 1.807) is 82.1 Å². The third-order valence-electron chi connectivity index (χ3n) is 16.4. The molecule has 494 valence electrons. The molecule has 1 fully saturated rings. The molecule has 0 spiro atoms. The zero-order valence-electron chi connectivity index (χ0n) is 54.2. The molecule has 10 atom stereocenters. The highest BCUT2D eigenvalue weighted by Crippen LogP contribution is 2.31. The molecule has 0 unspecified atom stereocenters. The molecule has 0 radical (unpaired) electrons. The van der Waals surface area contributed by atoms with Crippen LogP contribution in [-0.4, -0.2) is 157 Å². The number of amides is 10. The number of urea groups is 1. The number of aromatic nitrogens is 1. The number of methoxy groups -OCH3 is 2. The summed E-state index contributed by atoms with van der Waals surface area (Å²) < 4.78 is 17.7. The molecular formula is C64H100N12O12S. The molecule has 10 amide bonds. The van der Waals surface area contributed by atoms with Gasteiger partial charge < -0.3 is 72.7 Å². The number of anilines is 1. The van der Waals surface area contributed by atoms with Gasteiger partial charge in [-0.3, -0.25) is 33.6 Å². The van der Waals surface area contributed by atoms with E-state index < -0.39 is 95.5 Å². The zero-order valence-corrected chi connectivity index (χ0v) is 55.0. The minimum atomic E-state index is -1.57. The lowest BCUT2D eigenvalue weighted by Crippen LogP contribution is -2.62. The van der Waals surface area contributed by atoms with E-state index in [4.69, 9.17) is 25.7 Å². The number of primary amides is 1. The van der Waals surface area contributed by atoms with Gasteiger partial charge in [0.25, 0.3) is 0 Å². The fourth-order valence-electron chi connectivity index (χ4n) is 11.0. The van der Waals surface area contributed by atoms with Gasteiger partial charge in [0, 0.05) is 58.0 Å². The van der Waals surface area contributed by atoms with Crippen molar-refractivity contribution >= 4 is 70.5 Å². The Labute approximate surface area is 529 Å². The third-order valence-corrected chi connectivity index (χ3v) is 17.3. The largest absolute Gasteiger partial charge is 0.445 e. The lowest BCUT2D eigenvalue weighted by molar-refractivity contribution is -0.148. The van der Waals surface area contributed by atoms with E-state index in [9.17, 15) is 43.2 Å². The first kappa shape index (κ1) is 74.2. The molecule has 2 heterocycles. The minimum Gasteiger partial charge on any atom is -0.445 e. The fourth-order valence-corrected chi connectivity index (χ4v) is 11.7. The Morgan fingerprint density at radius 3 is 2.09 bits per heavy atom. The predicted octanol–water partition coefficient (Wildman–Crippen LogP) is 5.84. The van der Waals surface area contributed by atoms with E-state index in [1.165, 1.54) is 32.3 Å². The molecule has 11 N–H and O–H groups in total. The Balaban J connectivity index is 1.37. The van der Waals surface area contributed by atoms with Crippen molar-refractivity contribution in [2.45, 2.75) is 194 Å². The Morgan fingerprint density at radius 1 is 0.809 bits per heavy atom. The summed E-state index contributed by atoms with van der Waals surface area (Å²) in [6.07, 6.45) is 4.69. The smallest absolute Gasteiger partial charge is 0.408 e. The van der Waals surface area contributed by atoms with Gasteiger partial charge in [-0.05, 0) is 106 Å². The van der Waals surface area contributed by atoms with Crippen molar-refractivity contribution in [3.63, 3.8) is 0 Å². The predicted molar refractivity (Wildman–Crippen MR) is 342 cm³/mol. The first-order chi connectivity index (χ1) is 42.3. The van der Waals surface area contributed by atoms with E-state index in [-0.39, 0.29) is 68.0 Å². The number of nitrogens with two attached hydrogens (primary N) is 2. The van der Waals surface area contributed by atoms with Gasteiger partial charge in [0.05, 0.1) is 42.7 Å². The van der Waals surface area contributed by atoms with E-state index in [2.05, 4.69) is 42.2 Å². The van der Waals surface area contributed by atoms with Crippen LogP contribution in [0, 0.1) is 23.7 Å². The number of likely N-dealkylation sites (N-methyl/N-ethyl adjacent to an activating group) is 1. The van der Waals surface area contributed by atoms with E-state index in [0.717, 1.165) is 23.4 Å². The second-order valence-corrected chi connectivity index (χ2v) is 25.2. The fraction of sp³-hybridized carbons (Fsp3) is 0.625. The molecule has 0 aliphatic carbocycles. The Hall–Kier alpha value is -7.22. The van der Waals surface area contributed by atoms with E-state index >= 15 is 0 Å². The maximum absolute atomic E-state index is 14.7. The number of nitrogens with one attached hydrogen (secondary N) is 7. The van der Waals surface area contributed by atoms with Crippen molar-refractivity contribution in [3.05, 3.63) is 82.3 Å². The maximum Gasteiger partial charge on any atom is 0.408 e. The number of hydrogen-bond acceptors (Lipinski definition) is 15. The number of alkyl carbamates (subject to hydrolysis) is 1. The lowest BCUT2D eigenvalue weighted by Gasteiger charge is -2.41. The molecule has 1 saturated heterocycles. The standard InChI is InChI=1S/C64H100N12O12S/c1-13-41(6)54(49(86-11)37-51(78)76-34-21-25-48(76)55(87-12)42(7)56(79)71-47(59-67-33-35-89-59)36-43-22-16-14-17-23-43)75(10)60(82)53(40(4)5)73-61(83)64(8,9)74-63(85)88-38-44-27-29-45(30-28-44)69-57(80)46(24-20-32-68-62(66)84)70-58(81)52(39(2)3)72-50(77)26-18-15-19-31-65/h14,16-17,22-23,27-30,33,35,39-42,46-49,52-55H,13,15,18-21,24-26,31-32,34,36-38,65H2,1-12H3,(H,69,80)(H,70,81)(H,71,79)(H,72,77)(H,73,83)(H,74,85)(H3,66,68,84)/t41-,42+,46-,47+,48-,49+,52-,53-,54-,55+/m0/s1. The summed E-state index contributed by atoms with van der Waals surface area (Å²) in [6, 6.07) is 11.1. The highest BCUT2D eigenvalue weighted by molar-refractivity contribution is 7.09. The normalized spacial score (nSPS) is 16.3. The van der Waals surface area contributed by atoms with Crippen LogP contribution in [0.25, 0.3) is 0 Å². The van der Waals surface area contributed by atoms with Crippen LogP contribution in [0.3, 0.4) is 0 Å². The summed E-state index contributed by atoms with van der Waals surface area (Å²) in [6.45, 7) is 16.8. The number of ether oxygens (including phenoxy) is 3. The molecule has 24 nitrogen and oxygen atoms in total. The Morgan fingerprint density at radius 2 is 1.49 bits per heavy atom. The first-order valence-corrected chi connectivity index (χ1v) is 32.0. The summed E-state index contributed by atoms with van der Waals surface area (Å²) in [5.41, 5.74) is 11.2. The van der Waals surface area contributed by atoms with Gasteiger partial charge in [-0.15, -0.1) is 11.3 Å². The minimum absolute atomic E-state index is 0.0696. The summed E-state index contributed by atoms with van der Waals surface area (Å²) >= 11 is 1.47. The Kier molecular flexibility index (Phi) is 30.9. The van der Waals surface area contributed by atoms with Gasteiger partial charge in [-0.1, -0.05) is 104 Å². The number of carbonyl (C=O) groups excluding carboxylic acids is 9. The van der Waals surface area contributed by atoms with Gasteiger partial charge in [0.15, 0.2) is 0 Å². The summed E-state index contributed by atoms with van der Waals surface area (Å²) in [4.78, 5) is 130. The van der Waals surface area contributed by atoms with Crippen molar-refractivity contribution < 1.29 is 57.4 Å². The van der Waals surface area contributed by atoms with Crippen LogP contribution in [0.1, 0.15) is 149 Å². The number of likely N-dealkylation sites (tertiary alicyclic amines) is 1. The van der Waals surface area contributed by atoms with Crippen molar-refractivity contribution in [1.29, 1.82) is 0 Å². The Bertz CT molecular complexity index is 2740. The average molecular weight is 1260 g/mol. The zero-order chi connectivity index (χ0) is 66.0. The van der Waals surface area contributed by atoms with Crippen molar-refractivity contribution in [2.24, 2.45) is 35.1 Å². The van der Waals surface area contributed by atoms with Crippen LogP contribution >= 0.6 is 11.3 Å². The van der Waals surface area contributed by atoms with Crippen molar-refractivity contribution in [1.82, 2.24) is 46.7 Å². The molecule has 25 heteroatoms. The first-order valence-electron chi connectivity index (χ1n) is 31.1. The van der Waals surface area contributed by atoms with Crippen LogP contribution in [-0.2, 0) is 60.8 Å². The number of carbonyl (C=O) groups is 9. The molecular weight excluding hydrogens is 1160 g/mol. The molecule has 3 aromatic rings. The topological polar surface area (TPSA) is 337 Å². The summed E-state index contributed by atoms with van der Waals surface area (Å²) in [5.74, 6) is -4.39. The van der Waals surface area contributed by atoms with Crippen LogP contribution in [0.15, 0.2) is 66.2 Å². The van der Waals surface area contributed by atoms with Gasteiger partial charge in [-0.2, -0.15) is 0 Å². The molecule has 4 rings (SSSR count). The van der Waals surface area contributed by atoms with Gasteiger partial charge in [0.2, 0.25) is 41.4 Å². The highest BCUT2D eigenvalue weighted by Gasteiger charge is 2.44. The third kappa shape index (κ3) is 23.3. The quantitative estimate of drug-likeness (QED) is 0.0306. The monoisotopic (exact) mass is 1260 g/mol. The molecule has 1 aliphatic rings. The maximum atomic E-state index is 14.7. The van der Waals surface area contributed by atoms with Gasteiger partial charge in [-0.25, -0.2) is 14.6 Å². The second-order valence-electron chi connectivity index (χ2n) is 24.3. The van der Waals surface area contributed by atoms with Crippen LogP contribution in [0.4, 0.5) is 15.3 Å². The highest BCUT2D eigenvalue weighted by atomic mass is 32.1. The van der Waals surface area contributed by atoms with Crippen LogP contribution < -0.4 is 48.7 Å². The molecule has 89 heavy (non-hydrogen) atoms. The van der Waals surface area contributed by atoms with Gasteiger partial charge >= 0.3 is 12.1 Å². The van der Waals surface area contributed by atoms with Crippen molar-refractivity contribution in [3.8, 4) is 0 Å². The SMILES string of the molecule is CC[C@H](C)[C@@H]([C@@H](CC(=O)N1CCC[C@H]1[C@H](OC)[C@@H](C)C(=O)N[C@H](Cc1ccccc1)c1nccs1)OC)N(C)C(=O)[C@@H](NC(=O)C(C)(C)NC(=O)OCc1ccc(NC(=O)[C@H](CCCNC(N)=O)NC(=O)[C@@H](NC(=O)CCCCCN)C(C)C)cc1)C(C)C. The molecule has 0 saturated carbocycles. The van der Waals surface area contributed by atoms with Crippen molar-refractivity contribution in [2.75, 3.05) is 46.2 Å². The number of hydrogen-bond donors (Lipinski definition) is 9. The number of unbranched alkanes of at least 4 members (excludes halogenated alkanes) is 2. The summed E-state index contributed by atoms with van der Waals surface area (Å²) in [5, 5.41) is 22.2. The van der Waals surface area contributed by atoms with Gasteiger partial charge in [0.1, 0.15) is 35.3 Å².